The van der Waals surface area contributed by atoms with E-state index < -0.39 is 22.3 Å². The van der Waals surface area contributed by atoms with Gasteiger partial charge in [-0.1, -0.05) is 17.7 Å². The second-order valence-corrected chi connectivity index (χ2v) is 5.54. The van der Waals surface area contributed by atoms with E-state index in [-0.39, 0.29) is 10.6 Å². The minimum atomic E-state index is -0.725. The molecule has 0 heterocycles. The third-order valence-electron chi connectivity index (χ3n) is 2.59. The minimum absolute atomic E-state index is 0.0289. The summed E-state index contributed by atoms with van der Waals surface area (Å²) in [7, 11) is 0. The van der Waals surface area contributed by atoms with Crippen LogP contribution in [0.4, 0.5) is 15.8 Å². The van der Waals surface area contributed by atoms with Crippen LogP contribution in [-0.2, 0) is 0 Å². The van der Waals surface area contributed by atoms with Gasteiger partial charge in [-0.25, -0.2) is 4.39 Å². The number of nitro groups is 1. The fourth-order valence-electron chi connectivity index (χ4n) is 1.67. The summed E-state index contributed by atoms with van der Waals surface area (Å²) in [6.07, 6.45) is 0. The SMILES string of the molecule is O=C(Nc1ccc(F)cc1I)c1c(Cl)cccc1[N+](=O)[O-]. The zero-order valence-corrected chi connectivity index (χ0v) is 13.2. The molecule has 0 unspecified atom stereocenters. The first-order valence-corrected chi connectivity index (χ1v) is 7.05. The Kier molecular flexibility index (Phi) is 4.73. The molecular formula is C13H7ClFIN2O3. The number of nitro benzene ring substituents is 1. The van der Waals surface area contributed by atoms with E-state index in [0.29, 0.717) is 9.26 Å². The average Bonchev–Trinajstić information content (AvgIpc) is 2.41. The van der Waals surface area contributed by atoms with Gasteiger partial charge in [-0.15, -0.1) is 0 Å². The van der Waals surface area contributed by atoms with Gasteiger partial charge >= 0.3 is 0 Å². The largest absolute Gasteiger partial charge is 0.321 e. The van der Waals surface area contributed by atoms with Gasteiger partial charge in [-0.3, -0.25) is 14.9 Å². The number of hydrogen-bond acceptors (Lipinski definition) is 3. The van der Waals surface area contributed by atoms with Gasteiger partial charge in [0.25, 0.3) is 11.6 Å². The van der Waals surface area contributed by atoms with Gasteiger partial charge in [0.2, 0.25) is 0 Å². The highest BCUT2D eigenvalue weighted by Crippen LogP contribution is 2.28. The van der Waals surface area contributed by atoms with Crippen molar-refractivity contribution >= 4 is 51.5 Å². The second kappa shape index (κ2) is 6.35. The Morgan fingerprint density at radius 3 is 2.67 bits per heavy atom. The molecule has 0 saturated heterocycles. The van der Waals surface area contributed by atoms with Crippen molar-refractivity contribution in [3.63, 3.8) is 0 Å². The Bertz CT molecular complexity index is 739. The molecular weight excluding hydrogens is 414 g/mol. The first-order valence-electron chi connectivity index (χ1n) is 5.59. The maximum absolute atomic E-state index is 13.0. The molecule has 21 heavy (non-hydrogen) atoms. The lowest BCUT2D eigenvalue weighted by molar-refractivity contribution is -0.385. The molecule has 0 spiro atoms. The van der Waals surface area contributed by atoms with Crippen molar-refractivity contribution in [2.75, 3.05) is 5.32 Å². The van der Waals surface area contributed by atoms with Crippen LogP contribution in [0.2, 0.25) is 5.02 Å². The zero-order valence-electron chi connectivity index (χ0n) is 10.3. The predicted molar refractivity (Wildman–Crippen MR) is 85.2 cm³/mol. The first kappa shape index (κ1) is 15.6. The number of benzene rings is 2. The molecule has 0 radical (unpaired) electrons. The Labute approximate surface area is 137 Å². The van der Waals surface area contributed by atoms with Gasteiger partial charge < -0.3 is 5.32 Å². The molecule has 0 aliphatic carbocycles. The van der Waals surface area contributed by atoms with Crippen LogP contribution in [0, 0.1) is 19.5 Å². The molecule has 0 aliphatic rings. The second-order valence-electron chi connectivity index (χ2n) is 3.97. The number of halogens is 3. The summed E-state index contributed by atoms with van der Waals surface area (Å²) in [5, 5.41) is 13.4. The summed E-state index contributed by atoms with van der Waals surface area (Å²) in [6.45, 7) is 0. The number of carbonyl (C=O) groups is 1. The molecule has 2 aromatic carbocycles. The van der Waals surface area contributed by atoms with Crippen LogP contribution in [0.3, 0.4) is 0 Å². The van der Waals surface area contributed by atoms with Crippen LogP contribution in [0.1, 0.15) is 10.4 Å². The van der Waals surface area contributed by atoms with Gasteiger partial charge in [0.05, 0.1) is 15.6 Å². The quantitative estimate of drug-likeness (QED) is 0.458. The molecule has 8 heteroatoms. The average molecular weight is 421 g/mol. The number of hydrogen-bond donors (Lipinski definition) is 1. The van der Waals surface area contributed by atoms with E-state index in [1.807, 2.05) is 22.6 Å². The van der Waals surface area contributed by atoms with E-state index in [1.54, 1.807) is 0 Å². The number of nitrogens with zero attached hydrogens (tertiary/aromatic N) is 1. The van der Waals surface area contributed by atoms with Gasteiger partial charge in [0, 0.05) is 9.64 Å². The standard InChI is InChI=1S/C13H7ClFIN2O3/c14-8-2-1-3-11(18(20)21)12(8)13(19)17-10-5-4-7(15)6-9(10)16/h1-6H,(H,17,19). The maximum Gasteiger partial charge on any atom is 0.283 e. The molecule has 0 atom stereocenters. The van der Waals surface area contributed by atoms with E-state index in [9.17, 15) is 19.3 Å². The molecule has 0 fully saturated rings. The summed E-state index contributed by atoms with van der Waals surface area (Å²) in [5.41, 5.74) is -0.280. The van der Waals surface area contributed by atoms with E-state index in [4.69, 9.17) is 11.6 Å². The Hall–Kier alpha value is -1.74. The Morgan fingerprint density at radius 1 is 1.33 bits per heavy atom. The molecule has 0 aliphatic heterocycles. The number of rotatable bonds is 3. The number of anilines is 1. The number of amides is 1. The van der Waals surface area contributed by atoms with Crippen LogP contribution in [-0.4, -0.2) is 10.8 Å². The predicted octanol–water partition coefficient (Wildman–Crippen LogP) is 4.24. The monoisotopic (exact) mass is 420 g/mol. The van der Waals surface area contributed by atoms with E-state index in [2.05, 4.69) is 5.32 Å². The van der Waals surface area contributed by atoms with Crippen LogP contribution in [0.25, 0.3) is 0 Å². The van der Waals surface area contributed by atoms with Crippen molar-refractivity contribution in [1.29, 1.82) is 0 Å². The fraction of sp³-hybridized carbons (Fsp3) is 0. The van der Waals surface area contributed by atoms with E-state index in [0.717, 1.165) is 0 Å². The highest BCUT2D eigenvalue weighted by Gasteiger charge is 2.23. The lowest BCUT2D eigenvalue weighted by Gasteiger charge is -2.09. The third kappa shape index (κ3) is 3.48. The highest BCUT2D eigenvalue weighted by molar-refractivity contribution is 14.1. The molecule has 108 valence electrons. The maximum atomic E-state index is 13.0. The van der Waals surface area contributed by atoms with Crippen LogP contribution in [0.15, 0.2) is 36.4 Å². The molecule has 2 rings (SSSR count). The lowest BCUT2D eigenvalue weighted by Crippen LogP contribution is -2.15. The van der Waals surface area contributed by atoms with E-state index >= 15 is 0 Å². The van der Waals surface area contributed by atoms with Crippen molar-refractivity contribution in [3.05, 3.63) is 66.5 Å². The summed E-state index contributed by atoms with van der Waals surface area (Å²) in [4.78, 5) is 22.5. The molecule has 2 aromatic rings. The van der Waals surface area contributed by atoms with Gasteiger partial charge in [-0.05, 0) is 46.9 Å². The molecule has 1 amide bonds. The van der Waals surface area contributed by atoms with Crippen molar-refractivity contribution in [3.8, 4) is 0 Å². The van der Waals surface area contributed by atoms with Crippen LogP contribution in [0.5, 0.6) is 0 Å². The van der Waals surface area contributed by atoms with Gasteiger partial charge in [-0.2, -0.15) is 0 Å². The minimum Gasteiger partial charge on any atom is -0.321 e. The van der Waals surface area contributed by atoms with Crippen molar-refractivity contribution < 1.29 is 14.1 Å². The fourth-order valence-corrected chi connectivity index (χ4v) is 2.53. The topological polar surface area (TPSA) is 72.2 Å². The number of nitrogens with one attached hydrogen (secondary N) is 1. The highest BCUT2D eigenvalue weighted by atomic mass is 127. The van der Waals surface area contributed by atoms with Crippen LogP contribution < -0.4 is 5.32 Å². The summed E-state index contributed by atoms with van der Waals surface area (Å²) in [6, 6.07) is 7.75. The molecule has 5 nitrogen and oxygen atoms in total. The molecule has 1 N–H and O–H groups in total. The molecule has 0 saturated carbocycles. The third-order valence-corrected chi connectivity index (χ3v) is 3.80. The zero-order chi connectivity index (χ0) is 15.6. The summed E-state index contributed by atoms with van der Waals surface area (Å²) in [5.74, 6) is -1.17. The van der Waals surface area contributed by atoms with Crippen LogP contribution >= 0.6 is 34.2 Å². The summed E-state index contributed by atoms with van der Waals surface area (Å²) >= 11 is 7.72. The van der Waals surface area contributed by atoms with E-state index in [1.165, 1.54) is 36.4 Å². The summed E-state index contributed by atoms with van der Waals surface area (Å²) < 4.78 is 13.5. The Balaban J connectivity index is 2.39. The van der Waals surface area contributed by atoms with Crippen molar-refractivity contribution in [1.82, 2.24) is 0 Å². The smallest absolute Gasteiger partial charge is 0.283 e. The normalized spacial score (nSPS) is 10.2. The molecule has 0 bridgehead atoms. The molecule has 0 aromatic heterocycles. The van der Waals surface area contributed by atoms with Crippen molar-refractivity contribution in [2.45, 2.75) is 0 Å². The van der Waals surface area contributed by atoms with Crippen molar-refractivity contribution in [2.24, 2.45) is 0 Å². The first-order chi connectivity index (χ1) is 9.90. The Morgan fingerprint density at radius 2 is 2.05 bits per heavy atom. The lowest BCUT2D eigenvalue weighted by atomic mass is 10.1. The van der Waals surface area contributed by atoms with Gasteiger partial charge in [0.1, 0.15) is 11.4 Å². The van der Waals surface area contributed by atoms with Gasteiger partial charge in [0.15, 0.2) is 0 Å². The number of carbonyl (C=O) groups excluding carboxylic acids is 1.